The lowest BCUT2D eigenvalue weighted by molar-refractivity contribution is -0.154. The molecule has 3 aliphatic heterocycles. The van der Waals surface area contributed by atoms with Crippen molar-refractivity contribution in [3.8, 4) is 0 Å². The van der Waals surface area contributed by atoms with Crippen molar-refractivity contribution in [1.29, 1.82) is 0 Å². The average molecular weight is 362 g/mol. The molecular weight excluding hydrogens is 339 g/mol. The van der Waals surface area contributed by atoms with E-state index in [4.69, 9.17) is 9.47 Å². The monoisotopic (exact) mass is 362 g/mol. The van der Waals surface area contributed by atoms with Gasteiger partial charge in [0, 0.05) is 19.5 Å². The Kier molecular flexibility index (Phi) is 4.91. The standard InChI is InChI=1S/C19H23FN2O4/c20-14-5-1-2-6-15(14)22-12-13(11-17(22)23)18(24)21-8-4-3-7-16(21)19-25-9-10-26-19/h1-2,5-6,13,16,19H,3-4,7-12H2/t13-,16+/m0/s1. The highest BCUT2D eigenvalue weighted by Crippen LogP contribution is 2.31. The molecule has 3 saturated heterocycles. The molecule has 3 heterocycles. The van der Waals surface area contributed by atoms with Crippen LogP contribution in [-0.2, 0) is 19.1 Å². The largest absolute Gasteiger partial charge is 0.348 e. The third-order valence-electron chi connectivity index (χ3n) is 5.41. The number of hydrogen-bond donors (Lipinski definition) is 0. The van der Waals surface area contributed by atoms with Crippen LogP contribution in [0.4, 0.5) is 10.1 Å². The Morgan fingerprint density at radius 3 is 2.69 bits per heavy atom. The zero-order valence-electron chi connectivity index (χ0n) is 14.6. The van der Waals surface area contributed by atoms with Gasteiger partial charge in [0.1, 0.15) is 5.82 Å². The second-order valence-corrected chi connectivity index (χ2v) is 7.06. The van der Waals surface area contributed by atoms with Gasteiger partial charge in [0.2, 0.25) is 11.8 Å². The Labute approximate surface area is 151 Å². The number of carbonyl (C=O) groups is 2. The molecule has 4 rings (SSSR count). The number of piperidine rings is 1. The van der Waals surface area contributed by atoms with Crippen molar-refractivity contribution >= 4 is 17.5 Å². The van der Waals surface area contributed by atoms with Gasteiger partial charge in [-0.25, -0.2) is 4.39 Å². The summed E-state index contributed by atoms with van der Waals surface area (Å²) in [5, 5.41) is 0. The van der Waals surface area contributed by atoms with E-state index >= 15 is 0 Å². The average Bonchev–Trinajstić information content (AvgIpc) is 3.32. The lowest BCUT2D eigenvalue weighted by Gasteiger charge is -2.39. The van der Waals surface area contributed by atoms with E-state index in [2.05, 4.69) is 0 Å². The Morgan fingerprint density at radius 1 is 1.15 bits per heavy atom. The van der Waals surface area contributed by atoms with Gasteiger partial charge in [-0.15, -0.1) is 0 Å². The second kappa shape index (κ2) is 7.32. The Morgan fingerprint density at radius 2 is 1.92 bits per heavy atom. The number of benzene rings is 1. The molecule has 0 aliphatic carbocycles. The molecule has 0 aromatic heterocycles. The van der Waals surface area contributed by atoms with Crippen LogP contribution in [0.5, 0.6) is 0 Å². The predicted molar refractivity (Wildman–Crippen MR) is 91.9 cm³/mol. The van der Waals surface area contributed by atoms with E-state index in [9.17, 15) is 14.0 Å². The van der Waals surface area contributed by atoms with Crippen molar-refractivity contribution < 1.29 is 23.5 Å². The fourth-order valence-corrected chi connectivity index (χ4v) is 4.12. The van der Waals surface area contributed by atoms with Gasteiger partial charge in [0.25, 0.3) is 0 Å². The quantitative estimate of drug-likeness (QED) is 0.825. The van der Waals surface area contributed by atoms with Gasteiger partial charge in [-0.05, 0) is 31.4 Å². The number of halogens is 1. The molecule has 1 aromatic carbocycles. The number of rotatable bonds is 3. The molecule has 0 spiro atoms. The first kappa shape index (κ1) is 17.4. The number of likely N-dealkylation sites (tertiary alicyclic amines) is 1. The maximum atomic E-state index is 14.0. The minimum Gasteiger partial charge on any atom is -0.348 e. The number of ether oxygens (including phenoxy) is 2. The summed E-state index contributed by atoms with van der Waals surface area (Å²) < 4.78 is 25.3. The number of nitrogens with zero attached hydrogens (tertiary/aromatic N) is 2. The van der Waals surface area contributed by atoms with Gasteiger partial charge < -0.3 is 19.3 Å². The molecule has 2 atom stereocenters. The lowest BCUT2D eigenvalue weighted by Crippen LogP contribution is -2.52. The highest BCUT2D eigenvalue weighted by Gasteiger charge is 2.42. The van der Waals surface area contributed by atoms with E-state index in [1.165, 1.54) is 11.0 Å². The minimum absolute atomic E-state index is 0.0546. The van der Waals surface area contributed by atoms with Gasteiger partial charge in [-0.1, -0.05) is 12.1 Å². The maximum Gasteiger partial charge on any atom is 0.228 e. The molecular formula is C19H23FN2O4. The van der Waals surface area contributed by atoms with E-state index in [0.717, 1.165) is 19.3 Å². The zero-order valence-corrected chi connectivity index (χ0v) is 14.6. The molecule has 7 heteroatoms. The van der Waals surface area contributed by atoms with Gasteiger partial charge in [0.15, 0.2) is 6.29 Å². The van der Waals surface area contributed by atoms with E-state index < -0.39 is 11.7 Å². The molecule has 0 N–H and O–H groups in total. The zero-order chi connectivity index (χ0) is 18.1. The molecule has 6 nitrogen and oxygen atoms in total. The number of amides is 2. The second-order valence-electron chi connectivity index (χ2n) is 7.06. The Hall–Kier alpha value is -1.99. The first-order valence-corrected chi connectivity index (χ1v) is 9.24. The summed E-state index contributed by atoms with van der Waals surface area (Å²) in [6.45, 7) is 1.96. The van der Waals surface area contributed by atoms with Crippen molar-refractivity contribution in [2.45, 2.75) is 38.0 Å². The van der Waals surface area contributed by atoms with E-state index in [1.54, 1.807) is 18.2 Å². The third kappa shape index (κ3) is 3.21. The van der Waals surface area contributed by atoms with Gasteiger partial charge in [0.05, 0.1) is 30.9 Å². The normalized spacial score (nSPS) is 27.3. The lowest BCUT2D eigenvalue weighted by atomic mass is 9.98. The Bertz CT molecular complexity index is 692. The van der Waals surface area contributed by atoms with E-state index in [1.807, 2.05) is 4.90 Å². The summed E-state index contributed by atoms with van der Waals surface area (Å²) in [5.41, 5.74) is 0.241. The van der Waals surface area contributed by atoms with Crippen molar-refractivity contribution in [2.75, 3.05) is 31.2 Å². The van der Waals surface area contributed by atoms with Crippen molar-refractivity contribution in [2.24, 2.45) is 5.92 Å². The van der Waals surface area contributed by atoms with Crippen molar-refractivity contribution in [3.63, 3.8) is 0 Å². The Balaban J connectivity index is 1.49. The number of carbonyl (C=O) groups excluding carboxylic acids is 2. The molecule has 2 amide bonds. The topological polar surface area (TPSA) is 59.1 Å². The summed E-state index contributed by atoms with van der Waals surface area (Å²) in [7, 11) is 0. The summed E-state index contributed by atoms with van der Waals surface area (Å²) in [4.78, 5) is 28.7. The van der Waals surface area contributed by atoms with Crippen LogP contribution in [0.25, 0.3) is 0 Å². The van der Waals surface area contributed by atoms with Crippen LogP contribution < -0.4 is 4.90 Å². The molecule has 3 fully saturated rings. The first-order valence-electron chi connectivity index (χ1n) is 9.24. The van der Waals surface area contributed by atoms with Crippen LogP contribution >= 0.6 is 0 Å². The van der Waals surface area contributed by atoms with Crippen LogP contribution in [0.1, 0.15) is 25.7 Å². The fraction of sp³-hybridized carbons (Fsp3) is 0.579. The van der Waals surface area contributed by atoms with Crippen LogP contribution in [0.15, 0.2) is 24.3 Å². The maximum absolute atomic E-state index is 14.0. The van der Waals surface area contributed by atoms with E-state index in [-0.39, 0.29) is 42.8 Å². The van der Waals surface area contributed by atoms with Crippen molar-refractivity contribution in [1.82, 2.24) is 4.90 Å². The molecule has 1 aromatic rings. The number of para-hydroxylation sites is 1. The highest BCUT2D eigenvalue weighted by atomic mass is 19.1. The van der Waals surface area contributed by atoms with Crippen LogP contribution in [0, 0.1) is 11.7 Å². The third-order valence-corrected chi connectivity index (χ3v) is 5.41. The van der Waals surface area contributed by atoms with Gasteiger partial charge in [-0.3, -0.25) is 9.59 Å². The van der Waals surface area contributed by atoms with Gasteiger partial charge in [-0.2, -0.15) is 0 Å². The summed E-state index contributed by atoms with van der Waals surface area (Å²) in [5.74, 6) is -1.17. The molecule has 0 unspecified atom stereocenters. The molecule has 140 valence electrons. The summed E-state index contributed by atoms with van der Waals surface area (Å²) in [6, 6.07) is 6.08. The van der Waals surface area contributed by atoms with E-state index in [0.29, 0.717) is 19.8 Å². The first-order chi connectivity index (χ1) is 12.6. The summed E-state index contributed by atoms with van der Waals surface area (Å²) >= 11 is 0. The van der Waals surface area contributed by atoms with Crippen LogP contribution in [0.2, 0.25) is 0 Å². The minimum atomic E-state index is -0.455. The van der Waals surface area contributed by atoms with Crippen molar-refractivity contribution in [3.05, 3.63) is 30.1 Å². The fourth-order valence-electron chi connectivity index (χ4n) is 4.12. The van der Waals surface area contributed by atoms with Crippen LogP contribution in [-0.4, -0.2) is 55.3 Å². The predicted octanol–water partition coefficient (Wildman–Crippen LogP) is 1.93. The molecule has 0 bridgehead atoms. The number of anilines is 1. The molecule has 26 heavy (non-hydrogen) atoms. The SMILES string of the molecule is O=C1C[C@H](C(=O)N2CCCC[C@@H]2C2OCCO2)CN1c1ccccc1F. The molecule has 0 radical (unpaired) electrons. The molecule has 3 aliphatic rings. The number of hydrogen-bond acceptors (Lipinski definition) is 4. The molecule has 0 saturated carbocycles. The highest BCUT2D eigenvalue weighted by molar-refractivity contribution is 6.00. The van der Waals surface area contributed by atoms with Gasteiger partial charge >= 0.3 is 0 Å². The van der Waals surface area contributed by atoms with Crippen LogP contribution in [0.3, 0.4) is 0 Å². The smallest absolute Gasteiger partial charge is 0.228 e. The summed E-state index contributed by atoms with van der Waals surface area (Å²) in [6.07, 6.45) is 2.55.